The highest BCUT2D eigenvalue weighted by Crippen LogP contribution is 2.39. The van der Waals surface area contributed by atoms with E-state index in [0.29, 0.717) is 23.2 Å². The number of nitrogens with zero attached hydrogens (tertiary/aromatic N) is 1. The summed E-state index contributed by atoms with van der Waals surface area (Å²) in [6, 6.07) is 2.48. The lowest BCUT2D eigenvalue weighted by molar-refractivity contribution is -0.386. The molecule has 19 heavy (non-hydrogen) atoms. The monoisotopic (exact) mass is 330 g/mol. The summed E-state index contributed by atoms with van der Waals surface area (Å²) in [4.78, 5) is 10.3. The molecule has 3 N–H and O–H groups in total. The Balaban J connectivity index is 2.35. The van der Waals surface area contributed by atoms with E-state index in [1.165, 1.54) is 6.07 Å². The third-order valence-corrected chi connectivity index (χ3v) is 3.87. The van der Waals surface area contributed by atoms with Crippen molar-refractivity contribution in [2.75, 3.05) is 13.2 Å². The van der Waals surface area contributed by atoms with Crippen LogP contribution in [0.2, 0.25) is 0 Å². The zero-order chi connectivity index (χ0) is 14.0. The molecule has 1 aliphatic rings. The minimum absolute atomic E-state index is 0.161. The predicted molar refractivity (Wildman–Crippen MR) is 72.9 cm³/mol. The summed E-state index contributed by atoms with van der Waals surface area (Å²) in [6.07, 6.45) is 1.59. The number of halogens is 1. The van der Waals surface area contributed by atoms with Gasteiger partial charge in [0.2, 0.25) is 0 Å². The first kappa shape index (κ1) is 14.2. The molecule has 0 saturated carbocycles. The van der Waals surface area contributed by atoms with Gasteiger partial charge in [-0.05, 0) is 24.8 Å². The zero-order valence-electron chi connectivity index (χ0n) is 10.2. The van der Waals surface area contributed by atoms with E-state index in [9.17, 15) is 15.2 Å². The second-order valence-electron chi connectivity index (χ2n) is 4.60. The first-order valence-corrected chi connectivity index (χ1v) is 6.80. The maximum atomic E-state index is 10.9. The van der Waals surface area contributed by atoms with Crippen molar-refractivity contribution in [2.24, 2.45) is 11.7 Å². The van der Waals surface area contributed by atoms with Gasteiger partial charge in [0.05, 0.1) is 4.92 Å². The molecule has 1 aromatic carbocycles. The van der Waals surface area contributed by atoms with Gasteiger partial charge in [-0.25, -0.2) is 0 Å². The first-order valence-electron chi connectivity index (χ1n) is 6.01. The van der Waals surface area contributed by atoms with Crippen LogP contribution in [0.25, 0.3) is 0 Å². The molecule has 1 atom stereocenters. The standard InChI is InChI=1S/C12H15BrN2O4/c13-8-5-9(12(16)10(6-8)15(17)18)11(14)7-1-3-19-4-2-7/h5-7,11,16H,1-4,14H2/t11-/m1/s1. The van der Waals surface area contributed by atoms with Crippen molar-refractivity contribution in [1.29, 1.82) is 0 Å². The van der Waals surface area contributed by atoms with Crippen LogP contribution in [0.15, 0.2) is 16.6 Å². The number of nitrogens with two attached hydrogens (primary N) is 1. The molecule has 0 spiro atoms. The Morgan fingerprint density at radius 1 is 1.47 bits per heavy atom. The van der Waals surface area contributed by atoms with E-state index in [2.05, 4.69) is 15.9 Å². The lowest BCUT2D eigenvalue weighted by Gasteiger charge is -2.28. The van der Waals surface area contributed by atoms with Gasteiger partial charge in [0, 0.05) is 35.4 Å². The third-order valence-electron chi connectivity index (χ3n) is 3.41. The van der Waals surface area contributed by atoms with E-state index in [-0.39, 0.29) is 17.4 Å². The van der Waals surface area contributed by atoms with Crippen LogP contribution in [-0.4, -0.2) is 23.2 Å². The second kappa shape index (κ2) is 5.85. The number of benzene rings is 1. The molecule has 1 aromatic rings. The third kappa shape index (κ3) is 3.05. The van der Waals surface area contributed by atoms with Crippen molar-refractivity contribution in [1.82, 2.24) is 0 Å². The zero-order valence-corrected chi connectivity index (χ0v) is 11.8. The number of phenols is 1. The molecule has 1 saturated heterocycles. The molecule has 7 heteroatoms. The van der Waals surface area contributed by atoms with Crippen molar-refractivity contribution >= 4 is 21.6 Å². The van der Waals surface area contributed by atoms with Gasteiger partial charge in [0.1, 0.15) is 0 Å². The summed E-state index contributed by atoms with van der Waals surface area (Å²) < 4.78 is 5.80. The highest BCUT2D eigenvalue weighted by atomic mass is 79.9. The highest BCUT2D eigenvalue weighted by Gasteiger charge is 2.28. The number of hydrogen-bond acceptors (Lipinski definition) is 5. The minimum Gasteiger partial charge on any atom is -0.502 e. The average Bonchev–Trinajstić information content (AvgIpc) is 2.41. The maximum absolute atomic E-state index is 10.9. The Kier molecular flexibility index (Phi) is 4.38. The number of rotatable bonds is 3. The van der Waals surface area contributed by atoms with Gasteiger partial charge >= 0.3 is 5.69 Å². The van der Waals surface area contributed by atoms with Crippen LogP contribution in [0.5, 0.6) is 5.75 Å². The van der Waals surface area contributed by atoms with Crippen molar-refractivity contribution < 1.29 is 14.8 Å². The Hall–Kier alpha value is -1.18. The van der Waals surface area contributed by atoms with Gasteiger partial charge in [0.15, 0.2) is 5.75 Å². The number of aromatic hydroxyl groups is 1. The van der Waals surface area contributed by atoms with E-state index in [1.54, 1.807) is 6.07 Å². The summed E-state index contributed by atoms with van der Waals surface area (Å²) in [5, 5.41) is 20.9. The fraction of sp³-hybridized carbons (Fsp3) is 0.500. The summed E-state index contributed by atoms with van der Waals surface area (Å²) in [7, 11) is 0. The van der Waals surface area contributed by atoms with Gasteiger partial charge in [0.25, 0.3) is 0 Å². The fourth-order valence-electron chi connectivity index (χ4n) is 2.33. The van der Waals surface area contributed by atoms with E-state index in [1.807, 2.05) is 0 Å². The van der Waals surface area contributed by atoms with Crippen LogP contribution >= 0.6 is 15.9 Å². The van der Waals surface area contributed by atoms with Gasteiger partial charge in [-0.15, -0.1) is 0 Å². The molecule has 2 rings (SSSR count). The van der Waals surface area contributed by atoms with E-state index < -0.39 is 11.0 Å². The first-order chi connectivity index (χ1) is 9.00. The van der Waals surface area contributed by atoms with Gasteiger partial charge < -0.3 is 15.6 Å². The molecular weight excluding hydrogens is 316 g/mol. The fourth-order valence-corrected chi connectivity index (χ4v) is 2.79. The SMILES string of the molecule is N[C@@H](c1cc(Br)cc([N+](=O)[O-])c1O)C1CCOCC1. The summed E-state index contributed by atoms with van der Waals surface area (Å²) in [5.74, 6) is -0.180. The number of hydrogen-bond donors (Lipinski definition) is 2. The molecule has 0 amide bonds. The molecule has 0 unspecified atom stereocenters. The van der Waals surface area contributed by atoms with Gasteiger partial charge in [-0.2, -0.15) is 0 Å². The smallest absolute Gasteiger partial charge is 0.312 e. The van der Waals surface area contributed by atoms with Crippen LogP contribution in [0.4, 0.5) is 5.69 Å². The largest absolute Gasteiger partial charge is 0.502 e. The van der Waals surface area contributed by atoms with Gasteiger partial charge in [-0.1, -0.05) is 15.9 Å². The molecule has 0 radical (unpaired) electrons. The normalized spacial score (nSPS) is 18.2. The Morgan fingerprint density at radius 3 is 2.68 bits per heavy atom. The van der Waals surface area contributed by atoms with Crippen LogP contribution in [0.3, 0.4) is 0 Å². The number of nitro groups is 1. The molecule has 104 valence electrons. The minimum atomic E-state index is -0.611. The Morgan fingerprint density at radius 2 is 2.11 bits per heavy atom. The van der Waals surface area contributed by atoms with Crippen LogP contribution in [0, 0.1) is 16.0 Å². The van der Waals surface area contributed by atoms with Crippen LogP contribution in [0.1, 0.15) is 24.4 Å². The molecule has 0 aliphatic carbocycles. The summed E-state index contributed by atoms with van der Waals surface area (Å²) in [6.45, 7) is 1.27. The maximum Gasteiger partial charge on any atom is 0.312 e. The number of ether oxygens (including phenoxy) is 1. The topological polar surface area (TPSA) is 98.6 Å². The molecule has 1 aliphatic heterocycles. The van der Waals surface area contributed by atoms with E-state index in [4.69, 9.17) is 10.5 Å². The Bertz CT molecular complexity index is 489. The quantitative estimate of drug-likeness (QED) is 0.655. The van der Waals surface area contributed by atoms with Crippen molar-refractivity contribution in [3.05, 3.63) is 32.3 Å². The lowest BCUT2D eigenvalue weighted by atomic mass is 9.87. The molecular formula is C12H15BrN2O4. The Labute approximate surface area is 118 Å². The van der Waals surface area contributed by atoms with Crippen LogP contribution < -0.4 is 5.73 Å². The molecule has 0 bridgehead atoms. The van der Waals surface area contributed by atoms with Crippen molar-refractivity contribution in [3.63, 3.8) is 0 Å². The number of nitro benzene ring substituents is 1. The van der Waals surface area contributed by atoms with E-state index in [0.717, 1.165) is 12.8 Å². The van der Waals surface area contributed by atoms with Crippen molar-refractivity contribution in [3.8, 4) is 5.75 Å². The van der Waals surface area contributed by atoms with E-state index >= 15 is 0 Å². The van der Waals surface area contributed by atoms with Crippen molar-refractivity contribution in [2.45, 2.75) is 18.9 Å². The summed E-state index contributed by atoms with van der Waals surface area (Å²) in [5.41, 5.74) is 6.23. The molecule has 1 heterocycles. The average molecular weight is 331 g/mol. The summed E-state index contributed by atoms with van der Waals surface area (Å²) >= 11 is 3.21. The highest BCUT2D eigenvalue weighted by molar-refractivity contribution is 9.10. The molecule has 1 fully saturated rings. The lowest BCUT2D eigenvalue weighted by Crippen LogP contribution is -2.27. The number of phenolic OH excluding ortho intramolecular Hbond substituents is 1. The van der Waals surface area contributed by atoms with Crippen LogP contribution in [-0.2, 0) is 4.74 Å². The molecule has 6 nitrogen and oxygen atoms in total. The second-order valence-corrected chi connectivity index (χ2v) is 5.51. The molecule has 0 aromatic heterocycles. The van der Waals surface area contributed by atoms with Gasteiger partial charge in [-0.3, -0.25) is 10.1 Å². The predicted octanol–water partition coefficient (Wildman–Crippen LogP) is 2.49.